The fourth-order valence-electron chi connectivity index (χ4n) is 3.54. The molecule has 0 bridgehead atoms. The molecule has 0 heterocycles. The van der Waals surface area contributed by atoms with Crippen LogP contribution in [0.1, 0.15) is 30.0 Å². The number of aliphatic carboxylic acids is 1. The van der Waals surface area contributed by atoms with Crippen LogP contribution < -0.4 is 10.6 Å². The van der Waals surface area contributed by atoms with Gasteiger partial charge in [-0.15, -0.1) is 0 Å². The Morgan fingerprint density at radius 3 is 2.30 bits per heavy atom. The van der Waals surface area contributed by atoms with Crippen molar-refractivity contribution in [2.24, 2.45) is 0 Å². The molecule has 3 rings (SSSR count). The highest BCUT2D eigenvalue weighted by Crippen LogP contribution is 2.43. The number of carbonyl (C=O) groups excluding carboxylic acids is 2. The van der Waals surface area contributed by atoms with E-state index in [0.717, 1.165) is 22.3 Å². The molecule has 2 aromatic carbocycles. The summed E-state index contributed by atoms with van der Waals surface area (Å²) in [6.45, 7) is 0.957. The van der Waals surface area contributed by atoms with Crippen LogP contribution in [0, 0.1) is 5.82 Å². The summed E-state index contributed by atoms with van der Waals surface area (Å²) >= 11 is 0. The Morgan fingerprint density at radius 1 is 1.00 bits per heavy atom. The third kappa shape index (κ3) is 6.01. The molecule has 9 heteroatoms. The van der Waals surface area contributed by atoms with Crippen molar-refractivity contribution >= 4 is 45.8 Å². The Bertz CT molecular complexity index is 1200. The third-order valence-electron chi connectivity index (χ3n) is 5.20. The minimum Gasteiger partial charge on any atom is -0.480 e. The predicted molar refractivity (Wildman–Crippen MR) is 124 cm³/mol. The highest BCUT2D eigenvalue weighted by Gasteiger charge is 2.26. The molecule has 33 heavy (non-hydrogen) atoms. The number of carboxylic acid groups (broad SMARTS) is 1. The third-order valence-corrected chi connectivity index (χ3v) is 6.13. The molecule has 0 radical (unpaired) electrons. The maximum atomic E-state index is 14.0. The standard InChI is InChI=1S/C24H23FN2O5S/c1-14-19(9-15-3-6-17(7-4-15)33(2)32)18-8-5-16(25)10-21(18)20(14)11-22(28)26-12-23(29)27-13-24(30)31/h3-10H,11-13H2,1-2H3,(H,26,28)(H,27,29)(H,30,31)/b19-9+. The van der Waals surface area contributed by atoms with Crippen molar-refractivity contribution in [3.05, 3.63) is 70.5 Å². The monoisotopic (exact) mass is 470 g/mol. The Hall–Kier alpha value is -3.59. The molecule has 0 saturated carbocycles. The van der Waals surface area contributed by atoms with E-state index >= 15 is 0 Å². The lowest BCUT2D eigenvalue weighted by atomic mass is 10.0. The van der Waals surface area contributed by atoms with Crippen LogP contribution in [-0.4, -0.2) is 46.4 Å². The Balaban J connectivity index is 1.83. The van der Waals surface area contributed by atoms with Crippen molar-refractivity contribution < 1.29 is 28.1 Å². The van der Waals surface area contributed by atoms with Gasteiger partial charge in [-0.25, -0.2) is 4.39 Å². The summed E-state index contributed by atoms with van der Waals surface area (Å²) in [5, 5.41) is 13.2. The highest BCUT2D eigenvalue weighted by atomic mass is 32.2. The minimum atomic E-state index is -1.18. The molecule has 0 aliphatic heterocycles. The van der Waals surface area contributed by atoms with Crippen LogP contribution >= 0.6 is 0 Å². The van der Waals surface area contributed by atoms with Crippen molar-refractivity contribution in [1.29, 1.82) is 0 Å². The van der Waals surface area contributed by atoms with Crippen LogP contribution in [0.2, 0.25) is 0 Å². The smallest absolute Gasteiger partial charge is 0.322 e. The van der Waals surface area contributed by atoms with E-state index in [1.54, 1.807) is 24.5 Å². The van der Waals surface area contributed by atoms with E-state index in [1.807, 2.05) is 25.1 Å². The molecule has 1 atom stereocenters. The number of rotatable bonds is 8. The van der Waals surface area contributed by atoms with Crippen LogP contribution in [-0.2, 0) is 25.2 Å². The molecule has 7 nitrogen and oxygen atoms in total. The van der Waals surface area contributed by atoms with Gasteiger partial charge in [0.1, 0.15) is 12.4 Å². The predicted octanol–water partition coefficient (Wildman–Crippen LogP) is 2.60. The van der Waals surface area contributed by atoms with E-state index in [-0.39, 0.29) is 13.0 Å². The first-order valence-corrected chi connectivity index (χ1v) is 11.6. The van der Waals surface area contributed by atoms with Crippen LogP contribution in [0.15, 0.2) is 52.9 Å². The van der Waals surface area contributed by atoms with Crippen LogP contribution in [0.5, 0.6) is 0 Å². The number of hydrogen-bond acceptors (Lipinski definition) is 4. The average Bonchev–Trinajstić information content (AvgIpc) is 3.01. The number of fused-ring (bicyclic) bond motifs is 1. The second-order valence-electron chi connectivity index (χ2n) is 7.50. The minimum absolute atomic E-state index is 0.0698. The summed E-state index contributed by atoms with van der Waals surface area (Å²) in [5.74, 6) is -2.67. The molecule has 0 saturated heterocycles. The van der Waals surface area contributed by atoms with Crippen LogP contribution in [0.4, 0.5) is 4.39 Å². The lowest BCUT2D eigenvalue weighted by Crippen LogP contribution is -2.39. The second kappa shape index (κ2) is 10.4. The van der Waals surface area contributed by atoms with Gasteiger partial charge in [0.05, 0.1) is 13.0 Å². The Kier molecular flexibility index (Phi) is 7.55. The maximum absolute atomic E-state index is 14.0. The molecular formula is C24H23FN2O5S. The van der Waals surface area contributed by atoms with E-state index in [2.05, 4.69) is 10.6 Å². The Morgan fingerprint density at radius 2 is 1.67 bits per heavy atom. The lowest BCUT2D eigenvalue weighted by Gasteiger charge is -2.08. The number of carbonyl (C=O) groups is 3. The Labute approximate surface area is 192 Å². The SMILES string of the molecule is CC1=C(CC(=O)NCC(=O)NCC(=O)O)c2cc(F)ccc2/C1=C/c1ccc(S(C)=O)cc1. The first-order chi connectivity index (χ1) is 15.7. The van der Waals surface area contributed by atoms with Gasteiger partial charge in [-0.2, -0.15) is 0 Å². The summed E-state index contributed by atoms with van der Waals surface area (Å²) in [6.07, 6.45) is 3.47. The first-order valence-electron chi connectivity index (χ1n) is 10.1. The highest BCUT2D eigenvalue weighted by molar-refractivity contribution is 7.84. The zero-order valence-corrected chi connectivity index (χ0v) is 18.9. The largest absolute Gasteiger partial charge is 0.480 e. The van der Waals surface area contributed by atoms with Gasteiger partial charge >= 0.3 is 5.97 Å². The van der Waals surface area contributed by atoms with Gasteiger partial charge in [-0.1, -0.05) is 18.2 Å². The van der Waals surface area contributed by atoms with Gasteiger partial charge < -0.3 is 15.7 Å². The van der Waals surface area contributed by atoms with Crippen molar-refractivity contribution in [3.8, 4) is 0 Å². The van der Waals surface area contributed by atoms with Gasteiger partial charge in [0.15, 0.2) is 0 Å². The van der Waals surface area contributed by atoms with E-state index in [1.165, 1.54) is 12.1 Å². The number of carboxylic acids is 1. The van der Waals surface area contributed by atoms with E-state index < -0.39 is 40.9 Å². The van der Waals surface area contributed by atoms with Crippen molar-refractivity contribution in [2.75, 3.05) is 19.3 Å². The number of amides is 2. The second-order valence-corrected chi connectivity index (χ2v) is 8.88. The molecule has 0 aromatic heterocycles. The number of allylic oxidation sites excluding steroid dienone is 2. The fourth-order valence-corrected chi connectivity index (χ4v) is 4.06. The zero-order valence-electron chi connectivity index (χ0n) is 18.1. The molecule has 1 unspecified atom stereocenters. The van der Waals surface area contributed by atoms with Crippen molar-refractivity contribution in [1.82, 2.24) is 10.6 Å². The average molecular weight is 471 g/mol. The molecular weight excluding hydrogens is 447 g/mol. The molecule has 3 N–H and O–H groups in total. The summed E-state index contributed by atoms with van der Waals surface area (Å²) in [7, 11) is -1.08. The van der Waals surface area contributed by atoms with Crippen molar-refractivity contribution in [2.45, 2.75) is 18.2 Å². The quantitative estimate of drug-likeness (QED) is 0.549. The van der Waals surface area contributed by atoms with Crippen molar-refractivity contribution in [3.63, 3.8) is 0 Å². The zero-order chi connectivity index (χ0) is 24.1. The van der Waals surface area contributed by atoms with E-state index in [0.29, 0.717) is 16.0 Å². The number of halogens is 1. The molecule has 0 spiro atoms. The topological polar surface area (TPSA) is 113 Å². The van der Waals surface area contributed by atoms with Crippen LogP contribution in [0.25, 0.3) is 17.2 Å². The summed E-state index contributed by atoms with van der Waals surface area (Å²) in [6, 6.07) is 11.7. The fraction of sp³-hybridized carbons (Fsp3) is 0.208. The van der Waals surface area contributed by atoms with Gasteiger partial charge in [-0.3, -0.25) is 18.6 Å². The first kappa shape index (κ1) is 24.1. The summed E-state index contributed by atoms with van der Waals surface area (Å²) < 4.78 is 25.6. The van der Waals surface area contributed by atoms with E-state index in [4.69, 9.17) is 5.11 Å². The molecule has 172 valence electrons. The van der Waals surface area contributed by atoms with Gasteiger partial charge in [-0.05, 0) is 70.7 Å². The lowest BCUT2D eigenvalue weighted by molar-refractivity contribution is -0.137. The number of benzene rings is 2. The number of nitrogens with one attached hydrogen (secondary N) is 2. The molecule has 2 amide bonds. The number of hydrogen-bond donors (Lipinski definition) is 3. The van der Waals surface area contributed by atoms with Gasteiger partial charge in [0.25, 0.3) is 0 Å². The van der Waals surface area contributed by atoms with Gasteiger partial charge in [0.2, 0.25) is 11.8 Å². The van der Waals surface area contributed by atoms with E-state index in [9.17, 15) is 23.0 Å². The normalized spacial score (nSPS) is 14.7. The molecule has 1 aliphatic rings. The summed E-state index contributed by atoms with van der Waals surface area (Å²) in [5.41, 5.74) is 4.57. The maximum Gasteiger partial charge on any atom is 0.322 e. The molecule has 0 fully saturated rings. The molecule has 2 aromatic rings. The molecule has 1 aliphatic carbocycles. The van der Waals surface area contributed by atoms with Crippen LogP contribution in [0.3, 0.4) is 0 Å². The van der Waals surface area contributed by atoms with Gasteiger partial charge in [0, 0.05) is 22.0 Å². The summed E-state index contributed by atoms with van der Waals surface area (Å²) in [4.78, 5) is 35.3.